The Labute approximate surface area is 165 Å². The van der Waals surface area contributed by atoms with E-state index in [0.717, 1.165) is 36.5 Å². The van der Waals surface area contributed by atoms with Crippen molar-refractivity contribution in [2.24, 2.45) is 0 Å². The fraction of sp³-hybridized carbons (Fsp3) is 0.409. The normalized spacial score (nSPS) is 15.9. The van der Waals surface area contributed by atoms with Crippen LogP contribution in [0.15, 0.2) is 42.5 Å². The number of benzene rings is 2. The molecule has 0 aliphatic carbocycles. The standard InChI is InChI=1S/C22H27NO5/c1-3-26-21-11-6-16(22(24)23-14-20-5-4-12-27-20)13-17(21)15-28-19-9-7-18(25-2)8-10-19/h6-11,13,20H,3-5,12,14-15H2,1-2H3,(H,23,24)/t20-/m1/s1. The highest BCUT2D eigenvalue weighted by Crippen LogP contribution is 2.24. The van der Waals surface area contributed by atoms with Crippen molar-refractivity contribution in [2.75, 3.05) is 26.9 Å². The Morgan fingerprint density at radius 2 is 1.93 bits per heavy atom. The molecular weight excluding hydrogens is 358 g/mol. The molecule has 0 unspecified atom stereocenters. The molecule has 1 fully saturated rings. The fourth-order valence-corrected chi connectivity index (χ4v) is 3.08. The summed E-state index contributed by atoms with van der Waals surface area (Å²) in [6.45, 7) is 4.07. The molecule has 28 heavy (non-hydrogen) atoms. The van der Waals surface area contributed by atoms with Gasteiger partial charge in [-0.05, 0) is 62.2 Å². The number of methoxy groups -OCH3 is 1. The average molecular weight is 385 g/mol. The van der Waals surface area contributed by atoms with Crippen molar-refractivity contribution in [3.05, 3.63) is 53.6 Å². The summed E-state index contributed by atoms with van der Waals surface area (Å²) in [6, 6.07) is 12.8. The molecule has 6 nitrogen and oxygen atoms in total. The predicted octanol–water partition coefficient (Wildman–Crippen LogP) is 3.58. The second kappa shape index (κ2) is 9.99. The first-order valence-corrected chi connectivity index (χ1v) is 9.62. The Morgan fingerprint density at radius 1 is 1.14 bits per heavy atom. The molecule has 0 aromatic heterocycles. The molecule has 1 amide bonds. The quantitative estimate of drug-likeness (QED) is 0.715. The summed E-state index contributed by atoms with van der Waals surface area (Å²) in [4.78, 5) is 12.5. The molecule has 0 saturated carbocycles. The number of hydrogen-bond donors (Lipinski definition) is 1. The third kappa shape index (κ3) is 5.39. The first kappa shape index (κ1) is 20.0. The van der Waals surface area contributed by atoms with E-state index in [-0.39, 0.29) is 12.0 Å². The lowest BCUT2D eigenvalue weighted by Gasteiger charge is -2.14. The summed E-state index contributed by atoms with van der Waals surface area (Å²) >= 11 is 0. The molecule has 0 bridgehead atoms. The molecule has 3 rings (SSSR count). The van der Waals surface area contributed by atoms with Crippen LogP contribution >= 0.6 is 0 Å². The number of carbonyl (C=O) groups excluding carboxylic acids is 1. The smallest absolute Gasteiger partial charge is 0.251 e. The first-order valence-electron chi connectivity index (χ1n) is 9.62. The van der Waals surface area contributed by atoms with Crippen molar-refractivity contribution in [3.63, 3.8) is 0 Å². The topological polar surface area (TPSA) is 66.0 Å². The van der Waals surface area contributed by atoms with Crippen molar-refractivity contribution in [2.45, 2.75) is 32.5 Å². The zero-order valence-corrected chi connectivity index (χ0v) is 16.4. The van der Waals surface area contributed by atoms with E-state index in [1.165, 1.54) is 0 Å². The van der Waals surface area contributed by atoms with Gasteiger partial charge in [-0.15, -0.1) is 0 Å². The van der Waals surface area contributed by atoms with Crippen LogP contribution in [0, 0.1) is 0 Å². The first-order chi connectivity index (χ1) is 13.7. The highest BCUT2D eigenvalue weighted by molar-refractivity contribution is 5.94. The Morgan fingerprint density at radius 3 is 2.61 bits per heavy atom. The van der Waals surface area contributed by atoms with Crippen LogP contribution in [-0.2, 0) is 11.3 Å². The number of ether oxygens (including phenoxy) is 4. The zero-order chi connectivity index (χ0) is 19.8. The van der Waals surface area contributed by atoms with Crippen molar-refractivity contribution in [1.29, 1.82) is 0 Å². The summed E-state index contributed by atoms with van der Waals surface area (Å²) in [5.41, 5.74) is 1.40. The zero-order valence-electron chi connectivity index (χ0n) is 16.4. The number of carbonyl (C=O) groups is 1. The van der Waals surface area contributed by atoms with Gasteiger partial charge in [0.05, 0.1) is 19.8 Å². The van der Waals surface area contributed by atoms with Gasteiger partial charge in [-0.2, -0.15) is 0 Å². The Hall–Kier alpha value is -2.73. The van der Waals surface area contributed by atoms with E-state index in [2.05, 4.69) is 5.32 Å². The molecule has 6 heteroatoms. The molecule has 0 spiro atoms. The third-order valence-corrected chi connectivity index (χ3v) is 4.59. The largest absolute Gasteiger partial charge is 0.497 e. The van der Waals surface area contributed by atoms with Crippen LogP contribution < -0.4 is 19.5 Å². The van der Waals surface area contributed by atoms with E-state index < -0.39 is 0 Å². The van der Waals surface area contributed by atoms with E-state index in [1.807, 2.05) is 43.3 Å². The molecule has 150 valence electrons. The predicted molar refractivity (Wildman–Crippen MR) is 106 cm³/mol. The Bertz CT molecular complexity index is 769. The van der Waals surface area contributed by atoms with Crippen LogP contribution in [0.2, 0.25) is 0 Å². The molecular formula is C22H27NO5. The molecule has 0 radical (unpaired) electrons. The molecule has 1 aliphatic rings. The van der Waals surface area contributed by atoms with E-state index in [9.17, 15) is 4.79 Å². The molecule has 1 aliphatic heterocycles. The van der Waals surface area contributed by atoms with Crippen molar-refractivity contribution in [1.82, 2.24) is 5.32 Å². The van der Waals surface area contributed by atoms with E-state index >= 15 is 0 Å². The second-order valence-electron chi connectivity index (χ2n) is 6.56. The van der Waals surface area contributed by atoms with Crippen LogP contribution in [0.5, 0.6) is 17.2 Å². The van der Waals surface area contributed by atoms with Crippen LogP contribution in [0.4, 0.5) is 0 Å². The number of amides is 1. The SMILES string of the molecule is CCOc1ccc(C(=O)NC[C@H]2CCCO2)cc1COc1ccc(OC)cc1. The van der Waals surface area contributed by atoms with Gasteiger partial charge in [0.25, 0.3) is 5.91 Å². The number of rotatable bonds is 9. The monoisotopic (exact) mass is 385 g/mol. The Balaban J connectivity index is 1.66. The van der Waals surface area contributed by atoms with Crippen molar-refractivity contribution < 1.29 is 23.7 Å². The van der Waals surface area contributed by atoms with Gasteiger partial charge in [0.1, 0.15) is 23.9 Å². The highest BCUT2D eigenvalue weighted by Gasteiger charge is 2.17. The summed E-state index contributed by atoms with van der Waals surface area (Å²) in [6.07, 6.45) is 2.16. The fourth-order valence-electron chi connectivity index (χ4n) is 3.08. The molecule has 2 aromatic carbocycles. The highest BCUT2D eigenvalue weighted by atomic mass is 16.5. The maximum absolute atomic E-state index is 12.5. The lowest BCUT2D eigenvalue weighted by molar-refractivity contribution is 0.0857. The number of nitrogens with one attached hydrogen (secondary N) is 1. The van der Waals surface area contributed by atoms with Gasteiger partial charge >= 0.3 is 0 Å². The minimum absolute atomic E-state index is 0.115. The lowest BCUT2D eigenvalue weighted by atomic mass is 10.1. The molecule has 1 atom stereocenters. The number of hydrogen-bond acceptors (Lipinski definition) is 5. The second-order valence-corrected chi connectivity index (χ2v) is 6.56. The third-order valence-electron chi connectivity index (χ3n) is 4.59. The summed E-state index contributed by atoms with van der Waals surface area (Å²) in [7, 11) is 1.62. The van der Waals surface area contributed by atoms with Crippen LogP contribution in [0.1, 0.15) is 35.7 Å². The summed E-state index contributed by atoms with van der Waals surface area (Å²) in [5, 5.41) is 2.95. The summed E-state index contributed by atoms with van der Waals surface area (Å²) in [5.74, 6) is 2.08. The molecule has 1 heterocycles. The lowest BCUT2D eigenvalue weighted by Crippen LogP contribution is -2.31. The average Bonchev–Trinajstić information content (AvgIpc) is 3.25. The van der Waals surface area contributed by atoms with Crippen molar-refractivity contribution >= 4 is 5.91 Å². The van der Waals surface area contributed by atoms with Gasteiger partial charge in [0.15, 0.2) is 0 Å². The van der Waals surface area contributed by atoms with Gasteiger partial charge in [-0.1, -0.05) is 0 Å². The molecule has 2 aromatic rings. The van der Waals surface area contributed by atoms with Crippen LogP contribution in [0.3, 0.4) is 0 Å². The maximum atomic E-state index is 12.5. The van der Waals surface area contributed by atoms with E-state index in [4.69, 9.17) is 18.9 Å². The van der Waals surface area contributed by atoms with E-state index in [0.29, 0.717) is 31.1 Å². The minimum Gasteiger partial charge on any atom is -0.497 e. The summed E-state index contributed by atoms with van der Waals surface area (Å²) < 4.78 is 22.3. The van der Waals surface area contributed by atoms with Gasteiger partial charge in [-0.3, -0.25) is 4.79 Å². The van der Waals surface area contributed by atoms with Gasteiger partial charge in [0, 0.05) is 24.3 Å². The minimum atomic E-state index is -0.121. The van der Waals surface area contributed by atoms with Gasteiger partial charge in [0.2, 0.25) is 0 Å². The molecule has 1 N–H and O–H groups in total. The van der Waals surface area contributed by atoms with Gasteiger partial charge in [-0.25, -0.2) is 0 Å². The van der Waals surface area contributed by atoms with Crippen LogP contribution in [-0.4, -0.2) is 38.9 Å². The van der Waals surface area contributed by atoms with E-state index in [1.54, 1.807) is 13.2 Å². The van der Waals surface area contributed by atoms with Crippen LogP contribution in [0.25, 0.3) is 0 Å². The van der Waals surface area contributed by atoms with Gasteiger partial charge < -0.3 is 24.3 Å². The maximum Gasteiger partial charge on any atom is 0.251 e. The van der Waals surface area contributed by atoms with Crippen molar-refractivity contribution in [3.8, 4) is 17.2 Å². The Kier molecular flexibility index (Phi) is 7.14. The molecule has 1 saturated heterocycles.